The summed E-state index contributed by atoms with van der Waals surface area (Å²) in [6.45, 7) is 6.58. The van der Waals surface area contributed by atoms with Gasteiger partial charge in [0.25, 0.3) is 5.91 Å². The number of hydrogen-bond acceptors (Lipinski definition) is 3. The Morgan fingerprint density at radius 3 is 2.30 bits per heavy atom. The van der Waals surface area contributed by atoms with Crippen LogP contribution in [-0.4, -0.2) is 35.4 Å². The van der Waals surface area contributed by atoms with Gasteiger partial charge in [-0.15, -0.1) is 0 Å². The van der Waals surface area contributed by atoms with Gasteiger partial charge in [0.1, 0.15) is 11.8 Å². The third-order valence-electron chi connectivity index (χ3n) is 7.36. The van der Waals surface area contributed by atoms with Crippen molar-refractivity contribution in [1.82, 2.24) is 10.2 Å². The highest BCUT2D eigenvalue weighted by atomic mass is 79.9. The normalized spacial score (nSPS) is 14.5. The van der Waals surface area contributed by atoms with Gasteiger partial charge in [-0.3, -0.25) is 9.59 Å². The van der Waals surface area contributed by atoms with Crippen LogP contribution in [0.2, 0.25) is 0 Å². The van der Waals surface area contributed by atoms with Crippen LogP contribution in [0.3, 0.4) is 0 Å². The molecule has 0 radical (unpaired) electrons. The lowest BCUT2D eigenvalue weighted by Crippen LogP contribution is -2.53. The molecule has 1 atom stereocenters. The fraction of sp³-hybridized carbons (Fsp3) is 0.394. The maximum Gasteiger partial charge on any atom is 0.261 e. The molecule has 3 aromatic carbocycles. The summed E-state index contributed by atoms with van der Waals surface area (Å²) in [5.41, 5.74) is 3.10. The average molecular weight is 670 g/mol. The molecule has 4 rings (SSSR count). The smallest absolute Gasteiger partial charge is 0.261 e. The SMILES string of the molecule is CC(C)(C)c1ccc(OCC(=O)N(Cc2cccc(Br)c2)[C@@H](Cc2ccccc2)C(=O)NC2CCCC2)c(Br)c1. The number of ether oxygens (including phenoxy) is 1. The van der Waals surface area contributed by atoms with Crippen LogP contribution in [0.5, 0.6) is 5.75 Å². The van der Waals surface area contributed by atoms with E-state index in [1.165, 1.54) is 5.56 Å². The molecule has 0 heterocycles. The Kier molecular flexibility index (Phi) is 10.5. The predicted molar refractivity (Wildman–Crippen MR) is 167 cm³/mol. The summed E-state index contributed by atoms with van der Waals surface area (Å²) >= 11 is 7.16. The molecule has 1 fully saturated rings. The zero-order valence-electron chi connectivity index (χ0n) is 23.5. The minimum absolute atomic E-state index is 0.00500. The van der Waals surface area contributed by atoms with Crippen LogP contribution >= 0.6 is 31.9 Å². The van der Waals surface area contributed by atoms with E-state index in [1.807, 2.05) is 72.8 Å². The van der Waals surface area contributed by atoms with Crippen molar-refractivity contribution in [1.29, 1.82) is 0 Å². The number of carbonyl (C=O) groups is 2. The van der Waals surface area contributed by atoms with Crippen molar-refractivity contribution >= 4 is 43.7 Å². The van der Waals surface area contributed by atoms with E-state index in [4.69, 9.17) is 4.74 Å². The van der Waals surface area contributed by atoms with Crippen LogP contribution in [-0.2, 0) is 28.0 Å². The second kappa shape index (κ2) is 13.8. The van der Waals surface area contributed by atoms with E-state index in [2.05, 4.69) is 57.9 Å². The standard InChI is InChI=1S/C33H38Br2N2O3/c1-33(2,3)25-16-17-30(28(35)20-25)40-22-31(38)37(21-24-12-9-13-26(34)18-24)29(19-23-10-5-4-6-11-23)32(39)36-27-14-7-8-15-27/h4-6,9-13,16-18,20,27,29H,7-8,14-15,19,21-22H2,1-3H3,(H,36,39)/t29-/m0/s1. The zero-order chi connectivity index (χ0) is 28.7. The van der Waals surface area contributed by atoms with Crippen LogP contribution in [0.4, 0.5) is 0 Å². The van der Waals surface area contributed by atoms with Gasteiger partial charge >= 0.3 is 0 Å². The molecular weight excluding hydrogens is 632 g/mol. The fourth-order valence-electron chi connectivity index (χ4n) is 5.06. The van der Waals surface area contributed by atoms with Crippen LogP contribution in [0.25, 0.3) is 0 Å². The van der Waals surface area contributed by atoms with Crippen molar-refractivity contribution < 1.29 is 14.3 Å². The maximum absolute atomic E-state index is 13.9. The Hall–Kier alpha value is -2.64. The summed E-state index contributed by atoms with van der Waals surface area (Å²) in [5, 5.41) is 3.24. The van der Waals surface area contributed by atoms with Crippen molar-refractivity contribution in [2.45, 2.75) is 76.9 Å². The monoisotopic (exact) mass is 668 g/mol. The molecule has 40 heavy (non-hydrogen) atoms. The molecule has 3 aromatic rings. The van der Waals surface area contributed by atoms with E-state index in [9.17, 15) is 9.59 Å². The molecule has 7 heteroatoms. The number of amides is 2. The van der Waals surface area contributed by atoms with Gasteiger partial charge in [-0.25, -0.2) is 0 Å². The summed E-state index contributed by atoms with van der Waals surface area (Å²) in [4.78, 5) is 29.4. The maximum atomic E-state index is 13.9. The molecule has 5 nitrogen and oxygen atoms in total. The third-order valence-corrected chi connectivity index (χ3v) is 8.48. The molecule has 0 spiro atoms. The largest absolute Gasteiger partial charge is 0.483 e. The molecule has 1 aliphatic rings. The van der Waals surface area contributed by atoms with Crippen LogP contribution < -0.4 is 10.1 Å². The topological polar surface area (TPSA) is 58.6 Å². The highest BCUT2D eigenvalue weighted by Gasteiger charge is 2.32. The van der Waals surface area contributed by atoms with Gasteiger partial charge in [0.05, 0.1) is 4.47 Å². The minimum Gasteiger partial charge on any atom is -0.483 e. The van der Waals surface area contributed by atoms with Crippen molar-refractivity contribution in [2.75, 3.05) is 6.61 Å². The molecular formula is C33H38Br2N2O3. The van der Waals surface area contributed by atoms with Crippen LogP contribution in [0.1, 0.15) is 63.1 Å². The summed E-state index contributed by atoms with van der Waals surface area (Å²) in [7, 11) is 0. The van der Waals surface area contributed by atoms with Crippen molar-refractivity contribution in [3.63, 3.8) is 0 Å². The molecule has 1 saturated carbocycles. The number of halogens is 2. The minimum atomic E-state index is -0.676. The third kappa shape index (κ3) is 8.43. The molecule has 0 unspecified atom stereocenters. The molecule has 212 valence electrons. The van der Waals surface area contributed by atoms with Crippen molar-refractivity contribution in [3.05, 3.63) is 98.4 Å². The Labute approximate surface area is 254 Å². The van der Waals surface area contributed by atoms with Crippen LogP contribution in [0.15, 0.2) is 81.7 Å². The molecule has 0 aliphatic heterocycles. The summed E-state index contributed by atoms with van der Waals surface area (Å²) in [6, 6.07) is 23.2. The number of nitrogens with one attached hydrogen (secondary N) is 1. The van der Waals surface area contributed by atoms with Crippen molar-refractivity contribution in [2.24, 2.45) is 0 Å². The number of rotatable bonds is 10. The second-order valence-electron chi connectivity index (χ2n) is 11.5. The van der Waals surface area contributed by atoms with Gasteiger partial charge in [-0.2, -0.15) is 0 Å². The van der Waals surface area contributed by atoms with E-state index >= 15 is 0 Å². The first kappa shape index (κ1) is 30.3. The van der Waals surface area contributed by atoms with E-state index < -0.39 is 6.04 Å². The number of hydrogen-bond donors (Lipinski definition) is 1. The number of carbonyl (C=O) groups excluding carboxylic acids is 2. The first-order valence-electron chi connectivity index (χ1n) is 13.9. The summed E-state index contributed by atoms with van der Waals surface area (Å²) in [6.07, 6.45) is 4.61. The average Bonchev–Trinajstić information content (AvgIpc) is 3.43. The van der Waals surface area contributed by atoms with Gasteiger partial charge < -0.3 is 15.0 Å². The Morgan fingerprint density at radius 1 is 0.950 bits per heavy atom. The van der Waals surface area contributed by atoms with Gasteiger partial charge in [-0.05, 0) is 75.1 Å². The van der Waals surface area contributed by atoms with Gasteiger partial charge in [0.15, 0.2) is 6.61 Å². The molecule has 1 aliphatic carbocycles. The van der Waals surface area contributed by atoms with E-state index in [-0.39, 0.29) is 29.9 Å². The lowest BCUT2D eigenvalue weighted by molar-refractivity contribution is -0.143. The quantitative estimate of drug-likeness (QED) is 0.242. The number of benzene rings is 3. The highest BCUT2D eigenvalue weighted by Crippen LogP contribution is 2.31. The zero-order valence-corrected chi connectivity index (χ0v) is 26.6. The summed E-state index contributed by atoms with van der Waals surface area (Å²) in [5.74, 6) is 0.239. The van der Waals surface area contributed by atoms with Crippen molar-refractivity contribution in [3.8, 4) is 5.75 Å². The molecule has 0 aromatic heterocycles. The highest BCUT2D eigenvalue weighted by molar-refractivity contribution is 9.10. The van der Waals surface area contributed by atoms with Crippen LogP contribution in [0, 0.1) is 0 Å². The number of nitrogens with zero attached hydrogens (tertiary/aromatic N) is 1. The molecule has 2 amide bonds. The predicted octanol–water partition coefficient (Wildman–Crippen LogP) is 7.59. The van der Waals surface area contributed by atoms with Gasteiger partial charge in [-0.1, -0.05) is 98.1 Å². The van der Waals surface area contributed by atoms with E-state index in [1.54, 1.807) is 4.90 Å². The second-order valence-corrected chi connectivity index (χ2v) is 13.3. The van der Waals surface area contributed by atoms with Gasteiger partial charge in [0.2, 0.25) is 5.91 Å². The fourth-order valence-corrected chi connectivity index (χ4v) is 6.00. The molecule has 0 saturated heterocycles. The Bertz CT molecular complexity index is 1300. The molecule has 0 bridgehead atoms. The van der Waals surface area contributed by atoms with E-state index in [0.29, 0.717) is 18.7 Å². The summed E-state index contributed by atoms with van der Waals surface area (Å²) < 4.78 is 7.76. The van der Waals surface area contributed by atoms with E-state index in [0.717, 1.165) is 45.8 Å². The first-order valence-corrected chi connectivity index (χ1v) is 15.5. The first-order chi connectivity index (χ1) is 19.1. The lowest BCUT2D eigenvalue weighted by atomic mass is 9.87. The lowest BCUT2D eigenvalue weighted by Gasteiger charge is -2.32. The molecule has 1 N–H and O–H groups in total. The Balaban J connectivity index is 1.61. The van der Waals surface area contributed by atoms with Gasteiger partial charge in [0, 0.05) is 23.5 Å². The Morgan fingerprint density at radius 2 is 1.65 bits per heavy atom.